The van der Waals surface area contributed by atoms with Gasteiger partial charge in [0.05, 0.1) is 6.61 Å². The Balaban J connectivity index is 5.05. The van der Waals surface area contributed by atoms with Gasteiger partial charge in [-0.2, -0.15) is 11.8 Å². The first-order valence-electron chi connectivity index (χ1n) is 7.89. The number of aliphatic hydroxyl groups excluding tert-OH is 1. The minimum absolute atomic E-state index is 0.0529. The van der Waals surface area contributed by atoms with Gasteiger partial charge >= 0.3 is 5.97 Å². The molecule has 0 radical (unpaired) electrons. The molecule has 0 saturated heterocycles. The average Bonchev–Trinajstić information content (AvgIpc) is 2.54. The predicted molar refractivity (Wildman–Crippen MR) is 94.0 cm³/mol. The zero-order chi connectivity index (χ0) is 19.4. The van der Waals surface area contributed by atoms with E-state index in [0.29, 0.717) is 18.6 Å². The van der Waals surface area contributed by atoms with Crippen LogP contribution in [0.15, 0.2) is 0 Å². The molecule has 0 rings (SSSR count). The molecule has 3 amide bonds. The minimum Gasteiger partial charge on any atom is -0.480 e. The number of amides is 3. The Hall–Kier alpha value is -1.81. The van der Waals surface area contributed by atoms with Gasteiger partial charge in [0.15, 0.2) is 0 Å². The summed E-state index contributed by atoms with van der Waals surface area (Å²) in [4.78, 5) is 46.2. The summed E-state index contributed by atoms with van der Waals surface area (Å²) in [6.07, 6.45) is 2.97. The molecule has 10 heteroatoms. The quantitative estimate of drug-likeness (QED) is 0.257. The fourth-order valence-electron chi connectivity index (χ4n) is 2.04. The zero-order valence-corrected chi connectivity index (χ0v) is 15.5. The van der Waals surface area contributed by atoms with Gasteiger partial charge in [-0.25, -0.2) is 4.79 Å². The van der Waals surface area contributed by atoms with Crippen molar-refractivity contribution in [2.24, 2.45) is 5.92 Å². The van der Waals surface area contributed by atoms with Crippen molar-refractivity contribution in [3.63, 3.8) is 0 Å². The summed E-state index contributed by atoms with van der Waals surface area (Å²) in [5.74, 6) is -1.88. The van der Waals surface area contributed by atoms with E-state index in [0.717, 1.165) is 0 Å². The van der Waals surface area contributed by atoms with Crippen molar-refractivity contribution in [2.45, 2.75) is 44.8 Å². The largest absolute Gasteiger partial charge is 0.480 e. The fourth-order valence-corrected chi connectivity index (χ4v) is 2.51. The molecule has 0 aliphatic rings. The number of rotatable bonds is 13. The highest BCUT2D eigenvalue weighted by Gasteiger charge is 2.28. The van der Waals surface area contributed by atoms with Crippen molar-refractivity contribution in [3.05, 3.63) is 0 Å². The van der Waals surface area contributed by atoms with Gasteiger partial charge in [-0.1, -0.05) is 13.8 Å². The Morgan fingerprint density at radius 2 is 1.64 bits per heavy atom. The van der Waals surface area contributed by atoms with Crippen LogP contribution in [0.4, 0.5) is 0 Å². The Morgan fingerprint density at radius 3 is 2.08 bits per heavy atom. The molecule has 0 aromatic carbocycles. The number of thioether (sulfide) groups is 1. The molecular formula is C15H27N3O6S. The van der Waals surface area contributed by atoms with Crippen LogP contribution in [0.2, 0.25) is 0 Å². The van der Waals surface area contributed by atoms with Crippen molar-refractivity contribution >= 4 is 36.0 Å². The van der Waals surface area contributed by atoms with Gasteiger partial charge in [0.2, 0.25) is 18.2 Å². The van der Waals surface area contributed by atoms with E-state index in [9.17, 15) is 19.2 Å². The lowest BCUT2D eigenvalue weighted by atomic mass is 10.0. The Labute approximate surface area is 151 Å². The van der Waals surface area contributed by atoms with Crippen molar-refractivity contribution < 1.29 is 29.4 Å². The molecular weight excluding hydrogens is 350 g/mol. The molecule has 0 aromatic rings. The molecule has 0 bridgehead atoms. The molecule has 3 unspecified atom stereocenters. The van der Waals surface area contributed by atoms with Crippen LogP contribution >= 0.6 is 11.8 Å². The van der Waals surface area contributed by atoms with Gasteiger partial charge < -0.3 is 26.2 Å². The van der Waals surface area contributed by atoms with E-state index in [1.165, 1.54) is 11.8 Å². The summed E-state index contributed by atoms with van der Waals surface area (Å²) >= 11 is 1.52. The first kappa shape index (κ1) is 23.2. The highest BCUT2D eigenvalue weighted by atomic mass is 32.2. The van der Waals surface area contributed by atoms with Crippen molar-refractivity contribution in [2.75, 3.05) is 18.6 Å². The number of carbonyl (C=O) groups is 4. The highest BCUT2D eigenvalue weighted by Crippen LogP contribution is 2.07. The summed E-state index contributed by atoms with van der Waals surface area (Å²) in [5.41, 5.74) is 0. The van der Waals surface area contributed by atoms with E-state index in [1.54, 1.807) is 0 Å². The van der Waals surface area contributed by atoms with E-state index in [4.69, 9.17) is 10.2 Å². The first-order valence-corrected chi connectivity index (χ1v) is 9.29. The summed E-state index contributed by atoms with van der Waals surface area (Å²) in [6.45, 7) is 2.94. The number of hydrogen-bond acceptors (Lipinski definition) is 6. The molecule has 0 saturated carbocycles. The molecule has 0 spiro atoms. The lowest BCUT2D eigenvalue weighted by Crippen LogP contribution is -2.56. The van der Waals surface area contributed by atoms with Gasteiger partial charge in [0, 0.05) is 0 Å². The summed E-state index contributed by atoms with van der Waals surface area (Å²) in [6, 6.07) is -3.19. The summed E-state index contributed by atoms with van der Waals surface area (Å²) in [5, 5.41) is 25.1. The second-order valence-electron chi connectivity index (χ2n) is 5.89. The SMILES string of the molecule is CSCCC(NC=O)C(=O)NC(CC(C)C)C(=O)NC(CO)C(=O)O. The molecule has 25 heavy (non-hydrogen) atoms. The van der Waals surface area contributed by atoms with E-state index >= 15 is 0 Å². The standard InChI is InChI=1S/C15H27N3O6S/c1-9(2)6-11(14(22)18-12(7-19)15(23)24)17-13(21)10(16-8-20)4-5-25-3/h8-12,19H,4-7H2,1-3H3,(H,16,20)(H,17,21)(H,18,22)(H,23,24). The third-order valence-corrected chi connectivity index (χ3v) is 3.98. The fraction of sp³-hybridized carbons (Fsp3) is 0.733. The Bertz CT molecular complexity index is 461. The lowest BCUT2D eigenvalue weighted by molar-refractivity contribution is -0.143. The zero-order valence-electron chi connectivity index (χ0n) is 14.7. The molecule has 0 fully saturated rings. The average molecular weight is 377 g/mol. The molecule has 0 aromatic heterocycles. The second-order valence-corrected chi connectivity index (χ2v) is 6.88. The van der Waals surface area contributed by atoms with E-state index < -0.39 is 42.5 Å². The van der Waals surface area contributed by atoms with E-state index in [1.807, 2.05) is 20.1 Å². The van der Waals surface area contributed by atoms with Gasteiger partial charge in [0.1, 0.15) is 18.1 Å². The van der Waals surface area contributed by atoms with E-state index in [2.05, 4.69) is 16.0 Å². The third kappa shape index (κ3) is 9.30. The van der Waals surface area contributed by atoms with Gasteiger partial charge in [-0.3, -0.25) is 14.4 Å². The van der Waals surface area contributed by atoms with Crippen LogP contribution in [-0.2, 0) is 19.2 Å². The smallest absolute Gasteiger partial charge is 0.328 e. The number of hydrogen-bond donors (Lipinski definition) is 5. The third-order valence-electron chi connectivity index (χ3n) is 3.33. The van der Waals surface area contributed by atoms with Gasteiger partial charge in [-0.15, -0.1) is 0 Å². The van der Waals surface area contributed by atoms with Crippen molar-refractivity contribution in [3.8, 4) is 0 Å². The van der Waals surface area contributed by atoms with Crippen LogP contribution in [-0.4, -0.2) is 71.1 Å². The molecule has 3 atom stereocenters. The predicted octanol–water partition coefficient (Wildman–Crippen LogP) is -1.05. The first-order chi connectivity index (χ1) is 11.8. The van der Waals surface area contributed by atoms with E-state index in [-0.39, 0.29) is 12.3 Å². The maximum atomic E-state index is 12.3. The number of aliphatic carboxylic acids is 1. The molecule has 0 aliphatic heterocycles. The number of carbonyl (C=O) groups excluding carboxylic acids is 3. The van der Waals surface area contributed by atoms with Gasteiger partial charge in [-0.05, 0) is 30.8 Å². The molecule has 5 N–H and O–H groups in total. The molecule has 9 nitrogen and oxygen atoms in total. The monoisotopic (exact) mass is 377 g/mol. The van der Waals surface area contributed by atoms with Gasteiger partial charge in [0.25, 0.3) is 0 Å². The highest BCUT2D eigenvalue weighted by molar-refractivity contribution is 7.98. The summed E-state index contributed by atoms with van der Waals surface area (Å²) in [7, 11) is 0. The number of nitrogens with one attached hydrogen (secondary N) is 3. The number of carboxylic acids is 1. The number of carboxylic acid groups (broad SMARTS) is 1. The Kier molecular flexibility index (Phi) is 11.6. The van der Waals surface area contributed by atoms with Crippen LogP contribution in [0.5, 0.6) is 0 Å². The lowest BCUT2D eigenvalue weighted by Gasteiger charge is -2.24. The summed E-state index contributed by atoms with van der Waals surface area (Å²) < 4.78 is 0. The normalized spacial score (nSPS) is 14.3. The van der Waals surface area contributed by atoms with Crippen molar-refractivity contribution in [1.82, 2.24) is 16.0 Å². The Morgan fingerprint density at radius 1 is 1.08 bits per heavy atom. The van der Waals surface area contributed by atoms with Crippen LogP contribution in [0.25, 0.3) is 0 Å². The maximum absolute atomic E-state index is 12.3. The molecule has 0 heterocycles. The maximum Gasteiger partial charge on any atom is 0.328 e. The minimum atomic E-state index is -1.44. The second kappa shape index (κ2) is 12.5. The molecule has 144 valence electrons. The van der Waals surface area contributed by atoms with Crippen molar-refractivity contribution in [1.29, 1.82) is 0 Å². The van der Waals surface area contributed by atoms with Crippen LogP contribution in [0.1, 0.15) is 26.7 Å². The van der Waals surface area contributed by atoms with Crippen LogP contribution in [0.3, 0.4) is 0 Å². The van der Waals surface area contributed by atoms with Crippen LogP contribution in [0, 0.1) is 5.92 Å². The molecule has 0 aliphatic carbocycles. The topological polar surface area (TPSA) is 145 Å². The number of aliphatic hydroxyl groups is 1. The van der Waals surface area contributed by atoms with Crippen LogP contribution < -0.4 is 16.0 Å².